The predicted molar refractivity (Wildman–Crippen MR) is 96.9 cm³/mol. The third-order valence-electron chi connectivity index (χ3n) is 3.34. The number of anilines is 1. The number of rotatable bonds is 6. The Labute approximate surface area is 150 Å². The number of nitrogens with one attached hydrogen (secondary N) is 2. The summed E-state index contributed by atoms with van der Waals surface area (Å²) in [4.78, 5) is 23.6. The Kier molecular flexibility index (Phi) is 6.55. The van der Waals surface area contributed by atoms with Gasteiger partial charge < -0.3 is 19.5 Å². The van der Waals surface area contributed by atoms with Crippen LogP contribution in [-0.2, 0) is 9.59 Å². The summed E-state index contributed by atoms with van der Waals surface area (Å²) in [6.07, 6.45) is 1.34. The van der Waals surface area contributed by atoms with Crippen LogP contribution in [0, 0.1) is 0 Å². The van der Waals surface area contributed by atoms with E-state index in [1.54, 1.807) is 42.5 Å². The monoisotopic (exact) mass is 357 g/mol. The maximum absolute atomic E-state index is 11.8. The lowest BCUT2D eigenvalue weighted by atomic mass is 10.2. The molecule has 0 bridgehead atoms. The number of para-hydroxylation sites is 1. The Morgan fingerprint density at radius 2 is 1.58 bits per heavy atom. The zero-order valence-corrected chi connectivity index (χ0v) is 14.6. The first-order chi connectivity index (χ1) is 12.6. The normalized spacial score (nSPS) is 10.3. The minimum absolute atomic E-state index is 0.388. The molecule has 0 unspecified atom stereocenters. The fourth-order valence-electron chi connectivity index (χ4n) is 2.15. The van der Waals surface area contributed by atoms with Gasteiger partial charge in [0.2, 0.25) is 5.75 Å². The maximum Gasteiger partial charge on any atom is 0.329 e. The Balaban J connectivity index is 2.05. The number of nitrogens with zero attached hydrogens (tertiary/aromatic N) is 1. The molecular weight excluding hydrogens is 338 g/mol. The zero-order chi connectivity index (χ0) is 18.9. The lowest BCUT2D eigenvalue weighted by Crippen LogP contribution is -2.32. The molecule has 2 amide bonds. The average Bonchev–Trinajstić information content (AvgIpc) is 2.67. The summed E-state index contributed by atoms with van der Waals surface area (Å²) in [6.45, 7) is 0. The summed E-state index contributed by atoms with van der Waals surface area (Å²) in [6, 6.07) is 12.0. The summed E-state index contributed by atoms with van der Waals surface area (Å²) >= 11 is 0. The predicted octanol–water partition coefficient (Wildman–Crippen LogP) is 1.80. The van der Waals surface area contributed by atoms with Gasteiger partial charge in [0.05, 0.1) is 27.5 Å². The van der Waals surface area contributed by atoms with E-state index in [0.29, 0.717) is 28.5 Å². The summed E-state index contributed by atoms with van der Waals surface area (Å²) < 4.78 is 15.8. The van der Waals surface area contributed by atoms with Crippen LogP contribution in [0.3, 0.4) is 0 Å². The van der Waals surface area contributed by atoms with Crippen LogP contribution >= 0.6 is 0 Å². The van der Waals surface area contributed by atoms with Gasteiger partial charge in [-0.2, -0.15) is 5.10 Å². The molecule has 0 saturated carbocycles. The third-order valence-corrected chi connectivity index (χ3v) is 3.34. The number of benzene rings is 2. The Bertz CT molecular complexity index is 806. The molecule has 0 radical (unpaired) electrons. The zero-order valence-electron chi connectivity index (χ0n) is 14.6. The number of hydrazone groups is 1. The summed E-state index contributed by atoms with van der Waals surface area (Å²) in [5.74, 6) is -0.448. The van der Waals surface area contributed by atoms with Gasteiger partial charge in [0.1, 0.15) is 0 Å². The van der Waals surface area contributed by atoms with Gasteiger partial charge in [-0.3, -0.25) is 9.59 Å². The number of methoxy groups -OCH3 is 3. The second-order valence-corrected chi connectivity index (χ2v) is 4.94. The van der Waals surface area contributed by atoms with Crippen LogP contribution in [0.2, 0.25) is 0 Å². The number of amides is 2. The molecule has 2 N–H and O–H groups in total. The van der Waals surface area contributed by atoms with Gasteiger partial charge in [-0.1, -0.05) is 18.2 Å². The first-order valence-corrected chi connectivity index (χ1v) is 7.59. The molecule has 26 heavy (non-hydrogen) atoms. The van der Waals surface area contributed by atoms with Crippen LogP contribution < -0.4 is 25.0 Å². The summed E-state index contributed by atoms with van der Waals surface area (Å²) in [7, 11) is 4.47. The highest BCUT2D eigenvalue weighted by Gasteiger charge is 2.15. The largest absolute Gasteiger partial charge is 0.493 e. The number of carbonyl (C=O) groups is 2. The summed E-state index contributed by atoms with van der Waals surface area (Å²) in [5, 5.41) is 6.24. The molecule has 0 aliphatic carbocycles. The molecule has 8 heteroatoms. The topological polar surface area (TPSA) is 98.2 Å². The SMILES string of the molecule is COc1ccc(C=NNC(=O)C(=O)Nc2ccccc2)c(OC)c1OC. The number of ether oxygens (including phenoxy) is 3. The fourth-order valence-corrected chi connectivity index (χ4v) is 2.15. The van der Waals surface area contributed by atoms with Crippen molar-refractivity contribution in [3.8, 4) is 17.2 Å². The van der Waals surface area contributed by atoms with Crippen LogP contribution in [0.4, 0.5) is 5.69 Å². The molecule has 0 fully saturated rings. The van der Waals surface area contributed by atoms with Crippen LogP contribution in [-0.4, -0.2) is 39.4 Å². The average molecular weight is 357 g/mol. The van der Waals surface area contributed by atoms with Gasteiger partial charge in [-0.15, -0.1) is 0 Å². The van der Waals surface area contributed by atoms with E-state index in [9.17, 15) is 9.59 Å². The van der Waals surface area contributed by atoms with Gasteiger partial charge in [-0.25, -0.2) is 5.43 Å². The second kappa shape index (κ2) is 9.07. The van der Waals surface area contributed by atoms with Crippen molar-refractivity contribution >= 4 is 23.7 Å². The molecule has 0 heterocycles. The molecule has 2 aromatic carbocycles. The van der Waals surface area contributed by atoms with Crippen LogP contribution in [0.25, 0.3) is 0 Å². The second-order valence-electron chi connectivity index (χ2n) is 4.94. The van der Waals surface area contributed by atoms with Crippen molar-refractivity contribution in [2.24, 2.45) is 5.10 Å². The molecule has 0 aliphatic heterocycles. The van der Waals surface area contributed by atoms with Gasteiger partial charge in [0.25, 0.3) is 0 Å². The molecule has 0 atom stereocenters. The Hall–Kier alpha value is -3.55. The van der Waals surface area contributed by atoms with Crippen molar-refractivity contribution in [1.29, 1.82) is 0 Å². The van der Waals surface area contributed by atoms with E-state index in [4.69, 9.17) is 14.2 Å². The molecule has 0 saturated heterocycles. The Morgan fingerprint density at radius 3 is 2.19 bits per heavy atom. The third kappa shape index (κ3) is 4.50. The molecule has 0 aliphatic rings. The fraction of sp³-hybridized carbons (Fsp3) is 0.167. The Morgan fingerprint density at radius 1 is 0.885 bits per heavy atom. The highest BCUT2D eigenvalue weighted by molar-refractivity contribution is 6.39. The molecule has 2 aromatic rings. The number of hydrogen-bond acceptors (Lipinski definition) is 6. The minimum atomic E-state index is -0.899. The van der Waals surface area contributed by atoms with E-state index in [0.717, 1.165) is 0 Å². The molecule has 0 spiro atoms. The molecule has 136 valence electrons. The molecule has 8 nitrogen and oxygen atoms in total. The quantitative estimate of drug-likeness (QED) is 0.467. The van der Waals surface area contributed by atoms with Crippen LogP contribution in [0.15, 0.2) is 47.6 Å². The van der Waals surface area contributed by atoms with E-state index in [1.807, 2.05) is 0 Å². The first kappa shape index (κ1) is 18.8. The van der Waals surface area contributed by atoms with Gasteiger partial charge >= 0.3 is 11.8 Å². The standard InChI is InChI=1S/C18H19N3O5/c1-24-14-10-9-12(15(25-2)16(14)26-3)11-19-21-18(23)17(22)20-13-7-5-4-6-8-13/h4-11H,1-3H3,(H,20,22)(H,21,23). The maximum atomic E-state index is 11.8. The van der Waals surface area contributed by atoms with Crippen LogP contribution in [0.5, 0.6) is 17.2 Å². The van der Waals surface area contributed by atoms with E-state index in [-0.39, 0.29) is 0 Å². The van der Waals surface area contributed by atoms with E-state index in [2.05, 4.69) is 15.8 Å². The number of hydrogen-bond donors (Lipinski definition) is 2. The smallest absolute Gasteiger partial charge is 0.329 e. The molecule has 0 aromatic heterocycles. The van der Waals surface area contributed by atoms with Crippen molar-refractivity contribution in [2.75, 3.05) is 26.6 Å². The van der Waals surface area contributed by atoms with Gasteiger partial charge in [-0.05, 0) is 24.3 Å². The number of carbonyl (C=O) groups excluding carboxylic acids is 2. The van der Waals surface area contributed by atoms with E-state index < -0.39 is 11.8 Å². The summed E-state index contributed by atoms with van der Waals surface area (Å²) in [5.41, 5.74) is 3.21. The lowest BCUT2D eigenvalue weighted by Gasteiger charge is -2.13. The van der Waals surface area contributed by atoms with E-state index in [1.165, 1.54) is 27.5 Å². The van der Waals surface area contributed by atoms with Crippen molar-refractivity contribution in [1.82, 2.24) is 5.43 Å². The van der Waals surface area contributed by atoms with Crippen molar-refractivity contribution < 1.29 is 23.8 Å². The lowest BCUT2D eigenvalue weighted by molar-refractivity contribution is -0.136. The highest BCUT2D eigenvalue weighted by atomic mass is 16.5. The molecular formula is C18H19N3O5. The first-order valence-electron chi connectivity index (χ1n) is 7.59. The van der Waals surface area contributed by atoms with Crippen molar-refractivity contribution in [2.45, 2.75) is 0 Å². The van der Waals surface area contributed by atoms with E-state index >= 15 is 0 Å². The van der Waals surface area contributed by atoms with Gasteiger partial charge in [0, 0.05) is 11.3 Å². The van der Waals surface area contributed by atoms with Gasteiger partial charge in [0.15, 0.2) is 11.5 Å². The molecule has 2 rings (SSSR count). The highest BCUT2D eigenvalue weighted by Crippen LogP contribution is 2.38. The van der Waals surface area contributed by atoms with Crippen molar-refractivity contribution in [3.05, 3.63) is 48.0 Å². The van der Waals surface area contributed by atoms with Crippen molar-refractivity contribution in [3.63, 3.8) is 0 Å². The minimum Gasteiger partial charge on any atom is -0.493 e. The van der Waals surface area contributed by atoms with Crippen LogP contribution in [0.1, 0.15) is 5.56 Å².